The Morgan fingerprint density at radius 1 is 1.18 bits per heavy atom. The maximum absolute atomic E-state index is 6.20. The lowest BCUT2D eigenvalue weighted by Crippen LogP contribution is -2.46. The molecule has 0 atom stereocenters. The van der Waals surface area contributed by atoms with E-state index < -0.39 is 0 Å². The summed E-state index contributed by atoms with van der Waals surface area (Å²) in [5.74, 6) is 2.69. The van der Waals surface area contributed by atoms with Gasteiger partial charge in [0.25, 0.3) is 0 Å². The largest absolute Gasteiger partial charge is 0.368 e. The minimum absolute atomic E-state index is 0.838. The number of nitrogens with zero attached hydrogens (tertiary/aromatic N) is 2. The third kappa shape index (κ3) is 3.15. The van der Waals surface area contributed by atoms with Gasteiger partial charge in [-0.3, -0.25) is 4.90 Å². The number of benzene rings is 1. The van der Waals surface area contributed by atoms with Gasteiger partial charge in [-0.05, 0) is 12.1 Å². The molecule has 1 fully saturated rings. The smallest absolute Gasteiger partial charge is 0.0639 e. The van der Waals surface area contributed by atoms with E-state index >= 15 is 0 Å². The monoisotopic (exact) mass is 248 g/mol. The summed E-state index contributed by atoms with van der Waals surface area (Å²) in [5.41, 5.74) is 1.14. The predicted octanol–water partition coefficient (Wildman–Crippen LogP) is 2.49. The topological polar surface area (TPSA) is 6.48 Å². The molecule has 0 saturated carbocycles. The lowest BCUT2D eigenvalue weighted by atomic mass is 10.2. The number of terminal acetylenes is 1. The molecule has 1 aliphatic heterocycles. The minimum atomic E-state index is 0.838. The number of halogens is 1. The van der Waals surface area contributed by atoms with E-state index in [9.17, 15) is 0 Å². The molecule has 0 amide bonds. The fraction of sp³-hybridized carbons (Fsp3) is 0.429. The fourth-order valence-corrected chi connectivity index (χ4v) is 2.40. The number of rotatable bonds is 3. The van der Waals surface area contributed by atoms with Crippen LogP contribution < -0.4 is 4.90 Å². The summed E-state index contributed by atoms with van der Waals surface area (Å²) in [6.07, 6.45) is 6.12. The van der Waals surface area contributed by atoms with Gasteiger partial charge in [-0.15, -0.1) is 12.3 Å². The summed E-state index contributed by atoms with van der Waals surface area (Å²) in [7, 11) is 0. The van der Waals surface area contributed by atoms with Crippen LogP contribution in [0.2, 0.25) is 5.02 Å². The van der Waals surface area contributed by atoms with Gasteiger partial charge in [0.2, 0.25) is 0 Å². The normalized spacial score (nSPS) is 16.8. The van der Waals surface area contributed by atoms with Gasteiger partial charge in [0.1, 0.15) is 0 Å². The van der Waals surface area contributed by atoms with Crippen molar-refractivity contribution >= 4 is 17.3 Å². The minimum Gasteiger partial charge on any atom is -0.368 e. The molecule has 0 aliphatic carbocycles. The Balaban J connectivity index is 1.91. The van der Waals surface area contributed by atoms with Gasteiger partial charge in [-0.2, -0.15) is 0 Å². The van der Waals surface area contributed by atoms with Gasteiger partial charge < -0.3 is 4.90 Å². The van der Waals surface area contributed by atoms with E-state index in [-0.39, 0.29) is 0 Å². The quantitative estimate of drug-likeness (QED) is 0.759. The lowest BCUT2D eigenvalue weighted by Gasteiger charge is -2.36. The van der Waals surface area contributed by atoms with Crippen molar-refractivity contribution in [1.82, 2.24) is 4.90 Å². The summed E-state index contributed by atoms with van der Waals surface area (Å²) < 4.78 is 0. The number of hydrogen-bond acceptors (Lipinski definition) is 2. The van der Waals surface area contributed by atoms with Crippen LogP contribution in [0.25, 0.3) is 0 Å². The molecule has 1 aromatic rings. The molecule has 3 heteroatoms. The molecule has 0 radical (unpaired) electrons. The van der Waals surface area contributed by atoms with Crippen LogP contribution in [0, 0.1) is 12.3 Å². The van der Waals surface area contributed by atoms with Gasteiger partial charge >= 0.3 is 0 Å². The number of anilines is 1. The highest BCUT2D eigenvalue weighted by atomic mass is 35.5. The molecule has 0 spiro atoms. The zero-order valence-corrected chi connectivity index (χ0v) is 10.7. The summed E-state index contributed by atoms with van der Waals surface area (Å²) in [6, 6.07) is 8.03. The summed E-state index contributed by atoms with van der Waals surface area (Å²) in [5, 5.41) is 0.838. The zero-order valence-electron chi connectivity index (χ0n) is 9.90. The number of piperazine rings is 1. The Kier molecular flexibility index (Phi) is 4.30. The number of hydrogen-bond donors (Lipinski definition) is 0. The van der Waals surface area contributed by atoms with Gasteiger partial charge in [0, 0.05) is 39.1 Å². The van der Waals surface area contributed by atoms with Crippen LogP contribution >= 0.6 is 11.6 Å². The van der Waals surface area contributed by atoms with Crippen molar-refractivity contribution in [2.45, 2.75) is 6.42 Å². The molecule has 90 valence electrons. The van der Waals surface area contributed by atoms with Crippen LogP contribution in [0.5, 0.6) is 0 Å². The second-order valence-electron chi connectivity index (χ2n) is 4.23. The highest BCUT2D eigenvalue weighted by molar-refractivity contribution is 6.33. The summed E-state index contributed by atoms with van der Waals surface area (Å²) in [6.45, 7) is 5.18. The molecule has 0 aromatic heterocycles. The first-order valence-corrected chi connectivity index (χ1v) is 6.34. The van der Waals surface area contributed by atoms with Crippen LogP contribution in [-0.4, -0.2) is 37.6 Å². The molecule has 17 heavy (non-hydrogen) atoms. The van der Waals surface area contributed by atoms with Gasteiger partial charge in [0.15, 0.2) is 0 Å². The Morgan fingerprint density at radius 3 is 2.53 bits per heavy atom. The molecule has 0 N–H and O–H groups in total. The molecule has 1 aromatic carbocycles. The first kappa shape index (κ1) is 12.3. The fourth-order valence-electron chi connectivity index (χ4n) is 2.14. The van der Waals surface area contributed by atoms with Crippen molar-refractivity contribution in [3.05, 3.63) is 29.3 Å². The molecule has 2 nitrogen and oxygen atoms in total. The van der Waals surface area contributed by atoms with Crippen molar-refractivity contribution in [2.75, 3.05) is 37.6 Å². The zero-order chi connectivity index (χ0) is 12.1. The van der Waals surface area contributed by atoms with Crippen LogP contribution in [0.3, 0.4) is 0 Å². The van der Waals surface area contributed by atoms with E-state index in [4.69, 9.17) is 18.0 Å². The van der Waals surface area contributed by atoms with Crippen molar-refractivity contribution in [3.63, 3.8) is 0 Å². The van der Waals surface area contributed by atoms with Crippen molar-refractivity contribution in [2.24, 2.45) is 0 Å². The molecular weight excluding hydrogens is 232 g/mol. The highest BCUT2D eigenvalue weighted by Gasteiger charge is 2.17. The van der Waals surface area contributed by atoms with Crippen LogP contribution in [0.4, 0.5) is 5.69 Å². The third-order valence-corrected chi connectivity index (χ3v) is 3.46. The van der Waals surface area contributed by atoms with E-state index in [1.54, 1.807) is 0 Å². The van der Waals surface area contributed by atoms with Crippen LogP contribution in [0.15, 0.2) is 24.3 Å². The molecule has 1 heterocycles. The maximum Gasteiger partial charge on any atom is 0.0639 e. The molecule has 0 unspecified atom stereocenters. The second kappa shape index (κ2) is 5.95. The first-order chi connectivity index (χ1) is 8.31. The molecule has 0 bridgehead atoms. The first-order valence-electron chi connectivity index (χ1n) is 5.96. The highest BCUT2D eigenvalue weighted by Crippen LogP contribution is 2.25. The van der Waals surface area contributed by atoms with Gasteiger partial charge in [-0.25, -0.2) is 0 Å². The Hall–Kier alpha value is -1.17. The Morgan fingerprint density at radius 2 is 1.88 bits per heavy atom. The van der Waals surface area contributed by atoms with Gasteiger partial charge in [0.05, 0.1) is 10.7 Å². The molecule has 1 saturated heterocycles. The number of para-hydroxylation sites is 1. The average Bonchev–Trinajstić information content (AvgIpc) is 2.38. The van der Waals surface area contributed by atoms with E-state index in [1.165, 1.54) is 0 Å². The van der Waals surface area contributed by atoms with Crippen LogP contribution in [0.1, 0.15) is 6.42 Å². The second-order valence-corrected chi connectivity index (χ2v) is 4.64. The third-order valence-electron chi connectivity index (χ3n) is 3.14. The van der Waals surface area contributed by atoms with Gasteiger partial charge in [-0.1, -0.05) is 23.7 Å². The molecule has 1 aliphatic rings. The standard InChI is InChI=1S/C14H17ClN2/c1-2-3-8-16-9-11-17(12-10-16)14-7-5-4-6-13(14)15/h1,4-7H,3,8-12H2. The summed E-state index contributed by atoms with van der Waals surface area (Å²) in [4.78, 5) is 4.75. The maximum atomic E-state index is 6.20. The lowest BCUT2D eigenvalue weighted by molar-refractivity contribution is 0.264. The van der Waals surface area contributed by atoms with Crippen molar-refractivity contribution < 1.29 is 0 Å². The SMILES string of the molecule is C#CCCN1CCN(c2ccccc2Cl)CC1. The van der Waals surface area contributed by atoms with E-state index in [2.05, 4.69) is 21.8 Å². The van der Waals surface area contributed by atoms with Crippen LogP contribution in [-0.2, 0) is 0 Å². The molecule has 2 rings (SSSR count). The molecular formula is C14H17ClN2. The average molecular weight is 249 g/mol. The summed E-state index contributed by atoms with van der Waals surface area (Å²) >= 11 is 6.20. The van der Waals surface area contributed by atoms with E-state index in [1.807, 2.05) is 18.2 Å². The van der Waals surface area contributed by atoms with E-state index in [0.29, 0.717) is 0 Å². The van der Waals surface area contributed by atoms with E-state index in [0.717, 1.165) is 49.9 Å². The Bertz CT molecular complexity index is 403. The predicted molar refractivity (Wildman–Crippen MR) is 73.6 cm³/mol. The van der Waals surface area contributed by atoms with Crippen molar-refractivity contribution in [1.29, 1.82) is 0 Å². The Labute approximate surface area is 108 Å². The van der Waals surface area contributed by atoms with Crippen molar-refractivity contribution in [3.8, 4) is 12.3 Å².